The second-order valence-electron chi connectivity index (χ2n) is 9.71. The standard InChI is InChI=1S/C36H31N/c1-4-12-28(13-5-1)31-22-24-34(25-23-31)37(35-20-10-18-32(26-35)29-14-6-2-7-15-29)36-21-11-19-33(27-36)30-16-8-3-9-17-30/h1-18,20-22,24,26-27,33H,19,23,25H2. The quantitative estimate of drug-likeness (QED) is 0.267. The van der Waals surface area contributed by atoms with E-state index < -0.39 is 0 Å². The van der Waals surface area contributed by atoms with Gasteiger partial charge in [-0.25, -0.2) is 0 Å². The molecule has 0 saturated carbocycles. The monoisotopic (exact) mass is 477 g/mol. The van der Waals surface area contributed by atoms with E-state index in [1.807, 2.05) is 0 Å². The Morgan fingerprint density at radius 2 is 1.27 bits per heavy atom. The number of benzene rings is 4. The van der Waals surface area contributed by atoms with Gasteiger partial charge in [0.05, 0.1) is 0 Å². The predicted molar refractivity (Wildman–Crippen MR) is 157 cm³/mol. The van der Waals surface area contributed by atoms with E-state index in [1.165, 1.54) is 44.9 Å². The minimum Gasteiger partial charge on any atom is -0.315 e. The van der Waals surface area contributed by atoms with Crippen LogP contribution in [0.1, 0.15) is 36.3 Å². The van der Waals surface area contributed by atoms with Gasteiger partial charge in [-0.05, 0) is 71.4 Å². The highest BCUT2D eigenvalue weighted by Crippen LogP contribution is 2.38. The topological polar surface area (TPSA) is 3.24 Å². The summed E-state index contributed by atoms with van der Waals surface area (Å²) in [6.07, 6.45) is 14.8. The van der Waals surface area contributed by atoms with Crippen LogP contribution in [0.15, 0.2) is 157 Å². The first-order chi connectivity index (χ1) is 18.3. The largest absolute Gasteiger partial charge is 0.315 e. The van der Waals surface area contributed by atoms with E-state index in [4.69, 9.17) is 0 Å². The lowest BCUT2D eigenvalue weighted by Gasteiger charge is -2.33. The van der Waals surface area contributed by atoms with Crippen molar-refractivity contribution in [1.29, 1.82) is 0 Å². The number of nitrogens with zero attached hydrogens (tertiary/aromatic N) is 1. The van der Waals surface area contributed by atoms with Crippen LogP contribution in [0.25, 0.3) is 16.7 Å². The molecule has 4 aromatic rings. The van der Waals surface area contributed by atoms with Crippen LogP contribution in [-0.2, 0) is 0 Å². The van der Waals surface area contributed by atoms with Crippen molar-refractivity contribution >= 4 is 11.3 Å². The van der Waals surface area contributed by atoms with Gasteiger partial charge in [0.1, 0.15) is 0 Å². The molecule has 6 rings (SSSR count). The fourth-order valence-corrected chi connectivity index (χ4v) is 5.39. The molecule has 0 aromatic heterocycles. The zero-order valence-electron chi connectivity index (χ0n) is 21.0. The lowest BCUT2D eigenvalue weighted by molar-refractivity contribution is 0.824. The Bertz CT molecular complexity index is 1470. The maximum Gasteiger partial charge on any atom is 0.0464 e. The van der Waals surface area contributed by atoms with E-state index >= 15 is 0 Å². The summed E-state index contributed by atoms with van der Waals surface area (Å²) in [7, 11) is 0. The smallest absolute Gasteiger partial charge is 0.0464 e. The van der Waals surface area contributed by atoms with Crippen molar-refractivity contribution in [2.45, 2.75) is 25.2 Å². The zero-order chi connectivity index (χ0) is 24.9. The molecule has 0 saturated heterocycles. The van der Waals surface area contributed by atoms with Crippen molar-refractivity contribution in [3.63, 3.8) is 0 Å². The number of anilines is 1. The first-order valence-corrected chi connectivity index (χ1v) is 13.2. The van der Waals surface area contributed by atoms with Crippen molar-refractivity contribution in [3.05, 3.63) is 168 Å². The van der Waals surface area contributed by atoms with Crippen LogP contribution in [0.3, 0.4) is 0 Å². The molecular formula is C36H31N. The van der Waals surface area contributed by atoms with E-state index in [1.54, 1.807) is 0 Å². The first-order valence-electron chi connectivity index (χ1n) is 13.2. The van der Waals surface area contributed by atoms with Crippen molar-refractivity contribution in [1.82, 2.24) is 0 Å². The van der Waals surface area contributed by atoms with Crippen LogP contribution < -0.4 is 4.90 Å². The molecule has 0 N–H and O–H groups in total. The summed E-state index contributed by atoms with van der Waals surface area (Å²) in [4.78, 5) is 2.47. The number of rotatable bonds is 6. The molecule has 1 nitrogen and oxygen atoms in total. The Labute approximate surface area is 220 Å². The minimum absolute atomic E-state index is 0.376. The molecule has 0 fully saturated rings. The minimum atomic E-state index is 0.376. The van der Waals surface area contributed by atoms with Crippen LogP contribution in [0.5, 0.6) is 0 Å². The molecule has 0 bridgehead atoms. The third-order valence-corrected chi connectivity index (χ3v) is 7.31. The molecule has 4 aromatic carbocycles. The lowest BCUT2D eigenvalue weighted by atomic mass is 9.90. The molecule has 1 atom stereocenters. The fourth-order valence-electron chi connectivity index (χ4n) is 5.39. The van der Waals surface area contributed by atoms with Gasteiger partial charge in [0.2, 0.25) is 0 Å². The van der Waals surface area contributed by atoms with Crippen LogP contribution in [-0.4, -0.2) is 0 Å². The molecule has 37 heavy (non-hydrogen) atoms. The van der Waals surface area contributed by atoms with Gasteiger partial charge < -0.3 is 4.90 Å². The molecule has 0 heterocycles. The number of allylic oxidation sites excluding steroid dienone is 7. The summed E-state index contributed by atoms with van der Waals surface area (Å²) in [6, 6.07) is 41.2. The highest BCUT2D eigenvalue weighted by Gasteiger charge is 2.22. The molecule has 0 aliphatic heterocycles. The van der Waals surface area contributed by atoms with Gasteiger partial charge in [-0.2, -0.15) is 0 Å². The van der Waals surface area contributed by atoms with Gasteiger partial charge >= 0.3 is 0 Å². The van der Waals surface area contributed by atoms with Gasteiger partial charge in [0, 0.05) is 23.0 Å². The van der Waals surface area contributed by atoms with Crippen molar-refractivity contribution in [2.24, 2.45) is 0 Å². The van der Waals surface area contributed by atoms with Crippen LogP contribution >= 0.6 is 0 Å². The molecule has 2 aliphatic rings. The van der Waals surface area contributed by atoms with Crippen molar-refractivity contribution in [3.8, 4) is 11.1 Å². The van der Waals surface area contributed by atoms with Crippen molar-refractivity contribution < 1.29 is 0 Å². The predicted octanol–water partition coefficient (Wildman–Crippen LogP) is 9.55. The third-order valence-electron chi connectivity index (χ3n) is 7.31. The molecular weight excluding hydrogens is 446 g/mol. The zero-order valence-corrected chi connectivity index (χ0v) is 21.0. The molecule has 1 unspecified atom stereocenters. The average molecular weight is 478 g/mol. The normalized spacial score (nSPS) is 17.0. The fraction of sp³-hybridized carbons (Fsp3) is 0.111. The highest BCUT2D eigenvalue weighted by atomic mass is 15.2. The molecule has 0 radical (unpaired) electrons. The SMILES string of the molecule is C1=CC(N(C2=CC=C(c3ccccc3)CC2)c2cccc(-c3ccccc3)c2)=CC(c2ccccc2)C1. The summed E-state index contributed by atoms with van der Waals surface area (Å²) in [6.45, 7) is 0. The molecule has 2 aliphatic carbocycles. The van der Waals surface area contributed by atoms with E-state index in [2.05, 4.69) is 151 Å². The van der Waals surface area contributed by atoms with Gasteiger partial charge in [-0.15, -0.1) is 0 Å². The second kappa shape index (κ2) is 10.7. The van der Waals surface area contributed by atoms with Gasteiger partial charge in [0.15, 0.2) is 0 Å². The highest BCUT2D eigenvalue weighted by molar-refractivity contribution is 5.74. The van der Waals surface area contributed by atoms with E-state index in [0.717, 1.165) is 19.3 Å². The average Bonchev–Trinajstić information content (AvgIpc) is 2.99. The summed E-state index contributed by atoms with van der Waals surface area (Å²) < 4.78 is 0. The van der Waals surface area contributed by atoms with Crippen LogP contribution in [0, 0.1) is 0 Å². The van der Waals surface area contributed by atoms with Crippen molar-refractivity contribution in [2.75, 3.05) is 4.90 Å². The first kappa shape index (κ1) is 23.1. The van der Waals surface area contributed by atoms with E-state index in [-0.39, 0.29) is 0 Å². The summed E-state index contributed by atoms with van der Waals surface area (Å²) in [5, 5.41) is 0. The van der Waals surface area contributed by atoms with Crippen LogP contribution in [0.2, 0.25) is 0 Å². The third kappa shape index (κ3) is 5.13. The van der Waals surface area contributed by atoms with Gasteiger partial charge in [-0.1, -0.05) is 121 Å². The molecule has 0 spiro atoms. The lowest BCUT2D eigenvalue weighted by Crippen LogP contribution is -2.23. The maximum atomic E-state index is 2.47. The maximum absolute atomic E-state index is 2.47. The van der Waals surface area contributed by atoms with Crippen LogP contribution in [0.4, 0.5) is 5.69 Å². The summed E-state index contributed by atoms with van der Waals surface area (Å²) >= 11 is 0. The number of hydrogen-bond acceptors (Lipinski definition) is 1. The van der Waals surface area contributed by atoms with Gasteiger partial charge in [-0.3, -0.25) is 0 Å². The molecule has 1 heteroatoms. The molecule has 180 valence electrons. The summed E-state index contributed by atoms with van der Waals surface area (Å²) in [5.41, 5.74) is 10.3. The number of hydrogen-bond donors (Lipinski definition) is 0. The Morgan fingerprint density at radius 3 is 1.97 bits per heavy atom. The second-order valence-corrected chi connectivity index (χ2v) is 9.71. The Hall–Kier alpha value is -4.36. The summed E-state index contributed by atoms with van der Waals surface area (Å²) in [5.74, 6) is 0.376. The van der Waals surface area contributed by atoms with E-state index in [9.17, 15) is 0 Å². The Balaban J connectivity index is 1.42. The Morgan fingerprint density at radius 1 is 0.595 bits per heavy atom. The molecule has 0 amide bonds. The van der Waals surface area contributed by atoms with Gasteiger partial charge in [0.25, 0.3) is 0 Å². The Kier molecular flexibility index (Phi) is 6.68. The van der Waals surface area contributed by atoms with E-state index in [0.29, 0.717) is 5.92 Å².